The minimum atomic E-state index is -0.0452. The Morgan fingerprint density at radius 1 is 1.18 bits per heavy atom. The number of nitrogens with zero attached hydrogens (tertiary/aromatic N) is 2. The molecule has 1 aliphatic rings. The molecule has 0 unspecified atom stereocenters. The zero-order valence-electron chi connectivity index (χ0n) is 12.6. The minimum Gasteiger partial charge on any atom is -0.378 e. The highest BCUT2D eigenvalue weighted by atomic mass is 16.5. The van der Waals surface area contributed by atoms with E-state index in [0.29, 0.717) is 32.0 Å². The molecule has 22 heavy (non-hydrogen) atoms. The number of hydrogen-bond donors (Lipinski definition) is 1. The first-order chi connectivity index (χ1) is 10.7. The van der Waals surface area contributed by atoms with Gasteiger partial charge >= 0.3 is 0 Å². The molecule has 1 aromatic carbocycles. The molecule has 0 radical (unpaired) electrons. The number of aryl methyl sites for hydroxylation is 1. The van der Waals surface area contributed by atoms with Crippen molar-refractivity contribution in [2.24, 2.45) is 0 Å². The van der Waals surface area contributed by atoms with Crippen molar-refractivity contribution in [2.75, 3.05) is 31.6 Å². The molecule has 0 atom stereocenters. The van der Waals surface area contributed by atoms with Gasteiger partial charge in [-0.3, -0.25) is 9.78 Å². The highest BCUT2D eigenvalue weighted by Crippen LogP contribution is 2.18. The topological polar surface area (TPSA) is 54.5 Å². The van der Waals surface area contributed by atoms with Gasteiger partial charge in [0.25, 0.3) is 5.91 Å². The van der Waals surface area contributed by atoms with Crippen LogP contribution in [0, 0.1) is 6.92 Å². The lowest BCUT2D eigenvalue weighted by Gasteiger charge is -2.26. The van der Waals surface area contributed by atoms with E-state index < -0.39 is 0 Å². The largest absolute Gasteiger partial charge is 0.378 e. The second kappa shape index (κ2) is 6.58. The van der Waals surface area contributed by atoms with E-state index in [9.17, 15) is 4.79 Å². The van der Waals surface area contributed by atoms with Gasteiger partial charge in [0.1, 0.15) is 5.69 Å². The van der Waals surface area contributed by atoms with E-state index in [1.807, 2.05) is 31.2 Å². The lowest BCUT2D eigenvalue weighted by molar-refractivity contribution is 0.0299. The average molecular weight is 297 g/mol. The Labute approximate surface area is 129 Å². The number of anilines is 2. The van der Waals surface area contributed by atoms with Gasteiger partial charge in [0, 0.05) is 30.7 Å². The van der Waals surface area contributed by atoms with Crippen molar-refractivity contribution >= 4 is 17.3 Å². The minimum absolute atomic E-state index is 0.0452. The normalized spacial score (nSPS) is 14.7. The van der Waals surface area contributed by atoms with Crippen molar-refractivity contribution in [1.29, 1.82) is 0 Å². The van der Waals surface area contributed by atoms with Gasteiger partial charge in [-0.2, -0.15) is 0 Å². The first-order valence-corrected chi connectivity index (χ1v) is 7.39. The lowest BCUT2D eigenvalue weighted by atomic mass is 10.2. The third-order valence-electron chi connectivity index (χ3n) is 3.58. The van der Waals surface area contributed by atoms with Gasteiger partial charge in [0.05, 0.1) is 13.2 Å². The fraction of sp³-hybridized carbons (Fsp3) is 0.294. The van der Waals surface area contributed by atoms with Gasteiger partial charge in [0.2, 0.25) is 0 Å². The quantitative estimate of drug-likeness (QED) is 0.946. The number of nitrogens with one attached hydrogen (secondary N) is 1. The maximum atomic E-state index is 12.4. The summed E-state index contributed by atoms with van der Waals surface area (Å²) >= 11 is 0. The van der Waals surface area contributed by atoms with Gasteiger partial charge in [-0.05, 0) is 36.8 Å². The number of rotatable bonds is 3. The molecule has 0 saturated carbocycles. The predicted molar refractivity (Wildman–Crippen MR) is 85.4 cm³/mol. The molecule has 5 heteroatoms. The Bertz CT molecular complexity index is 666. The maximum Gasteiger partial charge on any atom is 0.272 e. The smallest absolute Gasteiger partial charge is 0.272 e. The van der Waals surface area contributed by atoms with Crippen LogP contribution in [0.4, 0.5) is 11.4 Å². The van der Waals surface area contributed by atoms with Crippen LogP contribution in [-0.2, 0) is 4.74 Å². The molecule has 5 nitrogen and oxygen atoms in total. The molecule has 3 rings (SSSR count). The zero-order chi connectivity index (χ0) is 15.4. The van der Waals surface area contributed by atoms with Crippen LogP contribution >= 0.6 is 0 Å². The first-order valence-electron chi connectivity index (χ1n) is 7.39. The number of pyridine rings is 1. The van der Waals surface area contributed by atoms with Crippen molar-refractivity contribution in [2.45, 2.75) is 6.92 Å². The van der Waals surface area contributed by atoms with Crippen molar-refractivity contribution in [1.82, 2.24) is 9.88 Å². The first kappa shape index (κ1) is 14.5. The molecule has 0 aliphatic carbocycles. The second-order valence-corrected chi connectivity index (χ2v) is 5.33. The van der Waals surface area contributed by atoms with Crippen molar-refractivity contribution in [3.63, 3.8) is 0 Å². The third kappa shape index (κ3) is 3.43. The van der Waals surface area contributed by atoms with Crippen LogP contribution < -0.4 is 5.32 Å². The van der Waals surface area contributed by atoms with Gasteiger partial charge in [-0.1, -0.05) is 12.1 Å². The van der Waals surface area contributed by atoms with Crippen LogP contribution in [-0.4, -0.2) is 42.1 Å². The summed E-state index contributed by atoms with van der Waals surface area (Å²) in [5.74, 6) is -0.0452. The summed E-state index contributed by atoms with van der Waals surface area (Å²) in [6, 6.07) is 11.8. The Kier molecular flexibility index (Phi) is 4.34. The molecule has 2 aromatic rings. The summed E-state index contributed by atoms with van der Waals surface area (Å²) in [4.78, 5) is 18.4. The number of amides is 1. The predicted octanol–water partition coefficient (Wildman–Crippen LogP) is 2.61. The summed E-state index contributed by atoms with van der Waals surface area (Å²) < 4.78 is 5.27. The summed E-state index contributed by atoms with van der Waals surface area (Å²) in [6.45, 7) is 4.47. The van der Waals surface area contributed by atoms with Gasteiger partial charge < -0.3 is 15.0 Å². The van der Waals surface area contributed by atoms with Gasteiger partial charge in [0.15, 0.2) is 0 Å². The van der Waals surface area contributed by atoms with Crippen LogP contribution in [0.1, 0.15) is 16.1 Å². The molecule has 1 amide bonds. The van der Waals surface area contributed by atoms with E-state index >= 15 is 0 Å². The van der Waals surface area contributed by atoms with Crippen LogP contribution in [0.15, 0.2) is 42.6 Å². The highest BCUT2D eigenvalue weighted by Gasteiger charge is 2.19. The molecule has 1 aromatic heterocycles. The molecular weight excluding hydrogens is 278 g/mol. The fourth-order valence-electron chi connectivity index (χ4n) is 2.44. The molecule has 114 valence electrons. The average Bonchev–Trinajstić information content (AvgIpc) is 2.55. The third-order valence-corrected chi connectivity index (χ3v) is 3.58. The van der Waals surface area contributed by atoms with Crippen LogP contribution in [0.3, 0.4) is 0 Å². The van der Waals surface area contributed by atoms with Crippen molar-refractivity contribution in [3.05, 3.63) is 53.9 Å². The van der Waals surface area contributed by atoms with E-state index in [2.05, 4.69) is 16.4 Å². The highest BCUT2D eigenvalue weighted by molar-refractivity contribution is 5.93. The van der Waals surface area contributed by atoms with Crippen LogP contribution in [0.25, 0.3) is 0 Å². The Balaban J connectivity index is 1.75. The monoisotopic (exact) mass is 297 g/mol. The Morgan fingerprint density at radius 2 is 1.95 bits per heavy atom. The van der Waals surface area contributed by atoms with Gasteiger partial charge in [-0.15, -0.1) is 0 Å². The van der Waals surface area contributed by atoms with Crippen LogP contribution in [0.5, 0.6) is 0 Å². The maximum absolute atomic E-state index is 12.4. The number of hydrogen-bond acceptors (Lipinski definition) is 4. The van der Waals surface area contributed by atoms with E-state index in [-0.39, 0.29) is 5.91 Å². The van der Waals surface area contributed by atoms with Crippen molar-refractivity contribution in [3.8, 4) is 0 Å². The number of carbonyl (C=O) groups excluding carboxylic acids is 1. The van der Waals surface area contributed by atoms with E-state index in [1.165, 1.54) is 5.56 Å². The molecule has 0 spiro atoms. The molecule has 1 N–H and O–H groups in total. The summed E-state index contributed by atoms with van der Waals surface area (Å²) in [7, 11) is 0. The molecule has 2 heterocycles. The Morgan fingerprint density at radius 3 is 2.73 bits per heavy atom. The molecule has 1 fully saturated rings. The lowest BCUT2D eigenvalue weighted by Crippen LogP contribution is -2.41. The number of ether oxygens (including phenoxy) is 1. The fourth-order valence-corrected chi connectivity index (χ4v) is 2.44. The molecular formula is C17H19N3O2. The van der Waals surface area contributed by atoms with Gasteiger partial charge in [-0.25, -0.2) is 0 Å². The molecule has 1 aliphatic heterocycles. The second-order valence-electron chi connectivity index (χ2n) is 5.33. The number of morpholine rings is 1. The summed E-state index contributed by atoms with van der Waals surface area (Å²) in [5.41, 5.74) is 3.50. The van der Waals surface area contributed by atoms with Crippen molar-refractivity contribution < 1.29 is 9.53 Å². The van der Waals surface area contributed by atoms with E-state index in [4.69, 9.17) is 4.74 Å². The number of benzene rings is 1. The Hall–Kier alpha value is -2.40. The SMILES string of the molecule is Cc1cccc(Nc2ccnc(C(=O)N3CCOCC3)c2)c1. The molecule has 0 bridgehead atoms. The summed E-state index contributed by atoms with van der Waals surface area (Å²) in [5, 5.41) is 3.31. The van der Waals surface area contributed by atoms with E-state index in [0.717, 1.165) is 11.4 Å². The number of aromatic nitrogens is 1. The number of carbonyl (C=O) groups is 1. The van der Waals surface area contributed by atoms with E-state index in [1.54, 1.807) is 17.2 Å². The zero-order valence-corrected chi connectivity index (χ0v) is 12.6. The standard InChI is InChI=1S/C17H19N3O2/c1-13-3-2-4-14(11-13)19-15-5-6-18-16(12-15)17(21)20-7-9-22-10-8-20/h2-6,11-12H,7-10H2,1H3,(H,18,19). The molecule has 1 saturated heterocycles. The van der Waals surface area contributed by atoms with Crippen LogP contribution in [0.2, 0.25) is 0 Å². The summed E-state index contributed by atoms with van der Waals surface area (Å²) in [6.07, 6.45) is 1.66.